The number of pyridine rings is 2. The van der Waals surface area contributed by atoms with Crippen LogP contribution in [0.1, 0.15) is 28.8 Å². The lowest BCUT2D eigenvalue weighted by molar-refractivity contribution is 0.0313. The highest BCUT2D eigenvalue weighted by atomic mass is 16.5. The highest BCUT2D eigenvalue weighted by Crippen LogP contribution is 2.20. The van der Waals surface area contributed by atoms with Crippen molar-refractivity contribution in [3.63, 3.8) is 0 Å². The molecule has 1 aliphatic heterocycles. The number of nitrogens with zero attached hydrogens (tertiary/aromatic N) is 3. The van der Waals surface area contributed by atoms with Gasteiger partial charge in [0.25, 0.3) is 0 Å². The fraction of sp³-hybridized carbons (Fsp3) is 0.353. The summed E-state index contributed by atoms with van der Waals surface area (Å²) in [7, 11) is 0. The number of hydrogen-bond acceptors (Lipinski definition) is 5. The Hall–Kier alpha value is -2.47. The van der Waals surface area contributed by atoms with Crippen molar-refractivity contribution in [1.82, 2.24) is 9.97 Å². The Balaban J connectivity index is 1.58. The Morgan fingerprint density at radius 3 is 2.96 bits per heavy atom. The highest BCUT2D eigenvalue weighted by molar-refractivity contribution is 5.87. The lowest BCUT2D eigenvalue weighted by atomic mass is 10.1. The highest BCUT2D eigenvalue weighted by Gasteiger charge is 2.21. The lowest BCUT2D eigenvalue weighted by Gasteiger charge is -2.33. The Bertz CT molecular complexity index is 646. The summed E-state index contributed by atoms with van der Waals surface area (Å²) in [6.07, 6.45) is 7.15. The smallest absolute Gasteiger partial charge is 0.337 e. The summed E-state index contributed by atoms with van der Waals surface area (Å²) >= 11 is 0. The van der Waals surface area contributed by atoms with Gasteiger partial charge in [-0.15, -0.1) is 0 Å². The van der Waals surface area contributed by atoms with Crippen LogP contribution in [-0.4, -0.2) is 40.2 Å². The van der Waals surface area contributed by atoms with Crippen LogP contribution in [0.3, 0.4) is 0 Å². The van der Waals surface area contributed by atoms with E-state index in [2.05, 4.69) is 14.9 Å². The molecule has 120 valence electrons. The summed E-state index contributed by atoms with van der Waals surface area (Å²) in [6.45, 7) is 2.23. The predicted molar refractivity (Wildman–Crippen MR) is 85.5 cm³/mol. The van der Waals surface area contributed by atoms with Crippen molar-refractivity contribution in [2.45, 2.75) is 25.6 Å². The summed E-state index contributed by atoms with van der Waals surface area (Å²) in [5.74, 6) is -0.162. The Morgan fingerprint density at radius 1 is 1.35 bits per heavy atom. The van der Waals surface area contributed by atoms with E-state index in [4.69, 9.17) is 9.84 Å². The predicted octanol–water partition coefficient (Wildman–Crippen LogP) is 2.36. The number of rotatable bonds is 5. The van der Waals surface area contributed by atoms with Crippen LogP contribution in [0.15, 0.2) is 42.9 Å². The standard InChI is InChI=1S/C17H19N3O3/c21-17(22)14-5-6-16(19-10-14)20-8-2-4-15(11-20)23-12-13-3-1-7-18-9-13/h1,3,5-7,9-10,15H,2,4,8,11-12H2,(H,21,22)/t15-/m0/s1. The molecule has 1 fully saturated rings. The Morgan fingerprint density at radius 2 is 2.26 bits per heavy atom. The monoisotopic (exact) mass is 313 g/mol. The van der Waals surface area contributed by atoms with E-state index >= 15 is 0 Å². The van der Waals surface area contributed by atoms with E-state index in [9.17, 15) is 4.79 Å². The molecule has 0 spiro atoms. The first-order chi connectivity index (χ1) is 11.2. The second-order valence-electron chi connectivity index (χ2n) is 5.59. The molecule has 3 heterocycles. The zero-order chi connectivity index (χ0) is 16.1. The van der Waals surface area contributed by atoms with E-state index in [1.165, 1.54) is 6.20 Å². The van der Waals surface area contributed by atoms with Crippen LogP contribution >= 0.6 is 0 Å². The number of aromatic carboxylic acids is 1. The number of anilines is 1. The van der Waals surface area contributed by atoms with Gasteiger partial charge < -0.3 is 14.7 Å². The quantitative estimate of drug-likeness (QED) is 0.913. The van der Waals surface area contributed by atoms with Crippen molar-refractivity contribution in [2.75, 3.05) is 18.0 Å². The fourth-order valence-electron chi connectivity index (χ4n) is 2.68. The minimum Gasteiger partial charge on any atom is -0.478 e. The third kappa shape index (κ3) is 4.04. The fourth-order valence-corrected chi connectivity index (χ4v) is 2.68. The van der Waals surface area contributed by atoms with Gasteiger partial charge in [0.15, 0.2) is 0 Å². The molecule has 0 unspecified atom stereocenters. The zero-order valence-electron chi connectivity index (χ0n) is 12.8. The molecule has 0 bridgehead atoms. The van der Waals surface area contributed by atoms with Crippen molar-refractivity contribution in [1.29, 1.82) is 0 Å². The van der Waals surface area contributed by atoms with Crippen LogP contribution in [0.2, 0.25) is 0 Å². The van der Waals surface area contributed by atoms with E-state index in [1.807, 2.05) is 18.3 Å². The van der Waals surface area contributed by atoms with Crippen LogP contribution in [0.5, 0.6) is 0 Å². The van der Waals surface area contributed by atoms with Crippen molar-refractivity contribution in [2.24, 2.45) is 0 Å². The average molecular weight is 313 g/mol. The van der Waals surface area contributed by atoms with E-state index in [0.29, 0.717) is 6.61 Å². The van der Waals surface area contributed by atoms with Gasteiger partial charge in [0.2, 0.25) is 0 Å². The summed E-state index contributed by atoms with van der Waals surface area (Å²) in [5, 5.41) is 8.93. The maximum Gasteiger partial charge on any atom is 0.337 e. The molecule has 0 amide bonds. The summed E-state index contributed by atoms with van der Waals surface area (Å²) < 4.78 is 5.98. The van der Waals surface area contributed by atoms with Gasteiger partial charge in [0, 0.05) is 31.7 Å². The van der Waals surface area contributed by atoms with Crippen LogP contribution in [-0.2, 0) is 11.3 Å². The number of aromatic nitrogens is 2. The molecular weight excluding hydrogens is 294 g/mol. The van der Waals surface area contributed by atoms with Gasteiger partial charge in [-0.05, 0) is 36.6 Å². The lowest BCUT2D eigenvalue weighted by Crippen LogP contribution is -2.40. The Kier molecular flexibility index (Phi) is 4.83. The number of piperidine rings is 1. The molecule has 0 radical (unpaired) electrons. The molecule has 1 atom stereocenters. The van der Waals surface area contributed by atoms with Gasteiger partial charge in [-0.25, -0.2) is 9.78 Å². The number of carboxylic acid groups (broad SMARTS) is 1. The molecule has 0 saturated carbocycles. The molecule has 6 heteroatoms. The van der Waals surface area contributed by atoms with E-state index in [-0.39, 0.29) is 11.7 Å². The first-order valence-corrected chi connectivity index (χ1v) is 7.67. The SMILES string of the molecule is O=C(O)c1ccc(N2CCC[C@H](OCc3cccnc3)C2)nc1. The van der Waals surface area contributed by atoms with Crippen molar-refractivity contribution in [3.05, 3.63) is 54.0 Å². The van der Waals surface area contributed by atoms with Gasteiger partial charge >= 0.3 is 5.97 Å². The van der Waals surface area contributed by atoms with Crippen molar-refractivity contribution >= 4 is 11.8 Å². The van der Waals surface area contributed by atoms with Gasteiger partial charge in [-0.1, -0.05) is 6.07 Å². The van der Waals surface area contributed by atoms with Crippen molar-refractivity contribution in [3.8, 4) is 0 Å². The molecule has 3 rings (SSSR count). The summed E-state index contributed by atoms with van der Waals surface area (Å²) in [5.41, 5.74) is 1.27. The maximum atomic E-state index is 10.9. The second kappa shape index (κ2) is 7.19. The third-order valence-electron chi connectivity index (χ3n) is 3.91. The molecule has 1 aliphatic rings. The average Bonchev–Trinajstić information content (AvgIpc) is 2.61. The minimum atomic E-state index is -0.958. The molecule has 2 aromatic rings. The normalized spacial score (nSPS) is 17.9. The molecule has 0 aliphatic carbocycles. The van der Waals surface area contributed by atoms with E-state index < -0.39 is 5.97 Å². The molecule has 6 nitrogen and oxygen atoms in total. The number of carboxylic acids is 1. The third-order valence-corrected chi connectivity index (χ3v) is 3.91. The van der Waals surface area contributed by atoms with E-state index in [0.717, 1.165) is 37.3 Å². The minimum absolute atomic E-state index is 0.143. The molecule has 0 aromatic carbocycles. The molecule has 1 saturated heterocycles. The first kappa shape index (κ1) is 15.4. The zero-order valence-corrected chi connectivity index (χ0v) is 12.8. The molecule has 1 N–H and O–H groups in total. The van der Waals surface area contributed by atoms with Crippen LogP contribution in [0, 0.1) is 0 Å². The van der Waals surface area contributed by atoms with Gasteiger partial charge in [-0.2, -0.15) is 0 Å². The summed E-state index contributed by atoms with van der Waals surface area (Å²) in [6, 6.07) is 7.25. The van der Waals surface area contributed by atoms with Gasteiger partial charge in [0.05, 0.1) is 18.3 Å². The van der Waals surface area contributed by atoms with Crippen LogP contribution in [0.4, 0.5) is 5.82 Å². The van der Waals surface area contributed by atoms with Crippen molar-refractivity contribution < 1.29 is 14.6 Å². The maximum absolute atomic E-state index is 10.9. The topological polar surface area (TPSA) is 75.5 Å². The number of hydrogen-bond donors (Lipinski definition) is 1. The summed E-state index contributed by atoms with van der Waals surface area (Å²) in [4.78, 5) is 21.4. The Labute approximate surface area is 134 Å². The first-order valence-electron chi connectivity index (χ1n) is 7.67. The largest absolute Gasteiger partial charge is 0.478 e. The molecule has 23 heavy (non-hydrogen) atoms. The second-order valence-corrected chi connectivity index (χ2v) is 5.59. The van der Waals surface area contributed by atoms with Gasteiger partial charge in [-0.3, -0.25) is 4.98 Å². The van der Waals surface area contributed by atoms with Gasteiger partial charge in [0.1, 0.15) is 5.82 Å². The van der Waals surface area contributed by atoms with E-state index in [1.54, 1.807) is 18.3 Å². The van der Waals surface area contributed by atoms with Crippen LogP contribution in [0.25, 0.3) is 0 Å². The van der Waals surface area contributed by atoms with Crippen LogP contribution < -0.4 is 4.90 Å². The molecule has 2 aromatic heterocycles. The molecular formula is C17H19N3O3. The number of carbonyl (C=O) groups is 1. The number of ether oxygens (including phenoxy) is 1.